The van der Waals surface area contributed by atoms with Gasteiger partial charge in [0, 0.05) is 0 Å². The van der Waals surface area contributed by atoms with Crippen molar-refractivity contribution < 1.29 is 8.85 Å². The van der Waals surface area contributed by atoms with Gasteiger partial charge in [-0.3, -0.25) is 0 Å². The summed E-state index contributed by atoms with van der Waals surface area (Å²) in [6.07, 6.45) is 6.88. The molecule has 28 heavy (non-hydrogen) atoms. The predicted molar refractivity (Wildman–Crippen MR) is 128 cm³/mol. The molecule has 0 aromatic heterocycles. The van der Waals surface area contributed by atoms with Crippen molar-refractivity contribution in [3.8, 4) is 11.5 Å². The van der Waals surface area contributed by atoms with Gasteiger partial charge in [0.1, 0.15) is 11.5 Å². The van der Waals surface area contributed by atoms with Crippen LogP contribution in [0, 0.1) is 0 Å². The van der Waals surface area contributed by atoms with Crippen LogP contribution in [0.3, 0.4) is 0 Å². The fourth-order valence-corrected chi connectivity index (χ4v) is 6.26. The summed E-state index contributed by atoms with van der Waals surface area (Å²) in [5.74, 6) is 2.29. The first-order valence-electron chi connectivity index (χ1n) is 11.2. The van der Waals surface area contributed by atoms with Crippen molar-refractivity contribution >= 4 is 19.5 Å². The van der Waals surface area contributed by atoms with E-state index in [-0.39, 0.29) is 0 Å². The van der Waals surface area contributed by atoms with Gasteiger partial charge < -0.3 is 8.85 Å². The fourth-order valence-electron chi connectivity index (χ4n) is 3.88. The Bertz CT molecular complexity index is 654. The van der Waals surface area contributed by atoms with Crippen molar-refractivity contribution in [1.29, 1.82) is 0 Å². The molecule has 0 spiro atoms. The maximum Gasteiger partial charge on any atom is 0.219 e. The summed E-state index contributed by atoms with van der Waals surface area (Å²) in [5, 5.41) is 0. The zero-order chi connectivity index (χ0) is 20.2. The monoisotopic (exact) mass is 414 g/mol. The molecule has 0 fully saturated rings. The van der Waals surface area contributed by atoms with Crippen molar-refractivity contribution in [3.63, 3.8) is 0 Å². The van der Waals surface area contributed by atoms with E-state index in [9.17, 15) is 0 Å². The Labute approximate surface area is 176 Å². The molecule has 0 aliphatic heterocycles. The first kappa shape index (κ1) is 22.8. The molecule has 0 saturated heterocycles. The molecule has 2 aromatic carbocycles. The third-order valence-corrected chi connectivity index (χ3v) is 8.09. The highest BCUT2D eigenvalue weighted by Crippen LogP contribution is 2.25. The third kappa shape index (κ3) is 6.52. The molecule has 0 atom stereocenters. The Morgan fingerprint density at radius 1 is 0.607 bits per heavy atom. The molecule has 2 rings (SSSR count). The van der Waals surface area contributed by atoms with Gasteiger partial charge in [0.15, 0.2) is 0 Å². The van der Waals surface area contributed by atoms with Crippen LogP contribution in [0.15, 0.2) is 36.4 Å². The number of hydrogen-bond donors (Lipinski definition) is 0. The summed E-state index contributed by atoms with van der Waals surface area (Å²) in [7, 11) is -0.941. The highest BCUT2D eigenvalue weighted by molar-refractivity contribution is 6.29. The summed E-state index contributed by atoms with van der Waals surface area (Å²) >= 11 is 0. The molecule has 154 valence electrons. The number of unbranched alkanes of at least 4 members (excludes halogenated alkanes) is 1. The summed E-state index contributed by atoms with van der Waals surface area (Å²) in [4.78, 5) is 0. The largest absolute Gasteiger partial charge is 0.549 e. The number of aryl methyl sites for hydroxylation is 2. The fraction of sp³-hybridized carbons (Fsp3) is 0.500. The van der Waals surface area contributed by atoms with Gasteiger partial charge in [0.05, 0.1) is 0 Å². The normalized spacial score (nSPS) is 11.7. The minimum Gasteiger partial charge on any atom is -0.549 e. The smallest absolute Gasteiger partial charge is 0.219 e. The topological polar surface area (TPSA) is 18.5 Å². The lowest BCUT2D eigenvalue weighted by Crippen LogP contribution is -2.07. The van der Waals surface area contributed by atoms with Gasteiger partial charge in [0.2, 0.25) is 19.5 Å². The maximum absolute atomic E-state index is 6.22. The Hall–Kier alpha value is -1.53. The molecule has 0 saturated carbocycles. The summed E-state index contributed by atoms with van der Waals surface area (Å²) < 4.78 is 12.4. The van der Waals surface area contributed by atoms with E-state index in [1.54, 1.807) is 0 Å². The van der Waals surface area contributed by atoms with Crippen molar-refractivity contribution in [1.82, 2.24) is 0 Å². The van der Waals surface area contributed by atoms with Crippen molar-refractivity contribution in [3.05, 3.63) is 58.7 Å². The lowest BCUT2D eigenvalue weighted by Gasteiger charge is -2.15. The van der Waals surface area contributed by atoms with Crippen LogP contribution in [0.4, 0.5) is 0 Å². The second kappa shape index (κ2) is 12.8. The van der Waals surface area contributed by atoms with Gasteiger partial charge in [-0.2, -0.15) is 0 Å². The van der Waals surface area contributed by atoms with Gasteiger partial charge in [-0.25, -0.2) is 0 Å². The first-order chi connectivity index (χ1) is 13.7. The van der Waals surface area contributed by atoms with Crippen LogP contribution >= 0.6 is 0 Å². The molecule has 2 nitrogen and oxygen atoms in total. The molecule has 2 aromatic rings. The quantitative estimate of drug-likeness (QED) is 0.332. The van der Waals surface area contributed by atoms with E-state index in [1.165, 1.54) is 47.2 Å². The molecular weight excluding hydrogens is 376 g/mol. The van der Waals surface area contributed by atoms with Gasteiger partial charge in [0.25, 0.3) is 0 Å². The first-order valence-corrected chi connectivity index (χ1v) is 14.4. The molecule has 0 amide bonds. The number of hydrogen-bond acceptors (Lipinski definition) is 2. The Morgan fingerprint density at radius 3 is 1.39 bits per heavy atom. The van der Waals surface area contributed by atoms with E-state index in [0.29, 0.717) is 0 Å². The average molecular weight is 415 g/mol. The second-order valence-electron chi connectivity index (χ2n) is 7.31. The molecule has 4 heteroatoms. The van der Waals surface area contributed by atoms with Crippen LogP contribution in [0.5, 0.6) is 11.5 Å². The zero-order valence-corrected chi connectivity index (χ0v) is 21.2. The van der Waals surface area contributed by atoms with Crippen LogP contribution in [0.2, 0.25) is 12.1 Å². The van der Waals surface area contributed by atoms with E-state index in [4.69, 9.17) is 8.85 Å². The summed E-state index contributed by atoms with van der Waals surface area (Å²) in [6.45, 7) is 8.91. The highest BCUT2D eigenvalue weighted by Gasteiger charge is 2.07. The molecule has 0 aliphatic carbocycles. The van der Waals surface area contributed by atoms with Crippen LogP contribution in [-0.2, 0) is 25.7 Å². The van der Waals surface area contributed by atoms with Gasteiger partial charge in [-0.15, -0.1) is 0 Å². The van der Waals surface area contributed by atoms with E-state index < -0.39 is 19.5 Å². The highest BCUT2D eigenvalue weighted by atomic mass is 28.2. The van der Waals surface area contributed by atoms with Crippen LogP contribution in [0.1, 0.15) is 62.8 Å². The maximum atomic E-state index is 6.22. The molecule has 0 aliphatic rings. The molecule has 0 unspecified atom stereocenters. The molecule has 0 N–H and O–H groups in total. The van der Waals surface area contributed by atoms with Gasteiger partial charge >= 0.3 is 0 Å². The van der Waals surface area contributed by atoms with E-state index in [2.05, 4.69) is 64.1 Å². The lowest BCUT2D eigenvalue weighted by atomic mass is 10.0. The zero-order valence-electron chi connectivity index (χ0n) is 18.4. The van der Waals surface area contributed by atoms with Gasteiger partial charge in [-0.1, -0.05) is 64.8 Å². The third-order valence-electron chi connectivity index (χ3n) is 5.48. The van der Waals surface area contributed by atoms with E-state index in [0.717, 1.165) is 37.2 Å². The average Bonchev–Trinajstić information content (AvgIpc) is 2.74. The molecular formula is C24H38O2Si2. The number of rotatable bonds is 13. The molecule has 0 bridgehead atoms. The number of benzene rings is 2. The Balaban J connectivity index is 1.66. The predicted octanol–water partition coefficient (Wildman–Crippen LogP) is 5.18. The SMILES string of the molecule is CCc1cccc(O[SiH2]CCCC[SiH2]Oc2cccc(CC)c2CC)c1CC. The van der Waals surface area contributed by atoms with E-state index in [1.807, 2.05) is 0 Å². The molecule has 0 radical (unpaired) electrons. The van der Waals surface area contributed by atoms with Crippen LogP contribution in [-0.4, -0.2) is 19.5 Å². The van der Waals surface area contributed by atoms with Gasteiger partial charge in [-0.05, 0) is 72.2 Å². The standard InChI is InChI=1S/C24H38O2Si2/c1-5-19-13-11-15-23(21(19)7-3)25-27-17-9-10-18-28-26-24-16-12-14-20(6-2)22(24)8-4/h11-16H,5-10,17-18,27-28H2,1-4H3. The Kier molecular flexibility index (Phi) is 10.4. The van der Waals surface area contributed by atoms with Crippen molar-refractivity contribution in [2.75, 3.05) is 0 Å². The van der Waals surface area contributed by atoms with Crippen LogP contribution < -0.4 is 8.85 Å². The summed E-state index contributed by atoms with van der Waals surface area (Å²) in [5.41, 5.74) is 5.71. The Morgan fingerprint density at radius 2 is 1.04 bits per heavy atom. The van der Waals surface area contributed by atoms with Crippen molar-refractivity contribution in [2.24, 2.45) is 0 Å². The van der Waals surface area contributed by atoms with Crippen molar-refractivity contribution in [2.45, 2.75) is 78.3 Å². The summed E-state index contributed by atoms with van der Waals surface area (Å²) in [6, 6.07) is 15.6. The van der Waals surface area contributed by atoms with E-state index >= 15 is 0 Å². The minimum absolute atomic E-state index is 0.470. The second-order valence-corrected chi connectivity index (χ2v) is 10.1. The lowest BCUT2D eigenvalue weighted by molar-refractivity contribution is 0.570. The molecule has 0 heterocycles. The minimum atomic E-state index is -0.470. The van der Waals surface area contributed by atoms with Crippen LogP contribution in [0.25, 0.3) is 0 Å².